The van der Waals surface area contributed by atoms with Crippen LogP contribution in [0.2, 0.25) is 0 Å². The van der Waals surface area contributed by atoms with E-state index in [1.807, 2.05) is 61.0 Å². The van der Waals surface area contributed by atoms with Crippen molar-refractivity contribution >= 4 is 22.4 Å². The van der Waals surface area contributed by atoms with Crippen molar-refractivity contribution in [2.45, 2.75) is 6.92 Å². The number of fused-ring (bicyclic) bond motifs is 1. The summed E-state index contributed by atoms with van der Waals surface area (Å²) in [5.41, 5.74) is 4.21. The van der Waals surface area contributed by atoms with Crippen LogP contribution in [0.5, 0.6) is 11.5 Å². The third-order valence-corrected chi connectivity index (χ3v) is 5.59. The van der Waals surface area contributed by atoms with Crippen molar-refractivity contribution < 1.29 is 13.9 Å². The number of aromatic nitrogens is 5. The lowest BCUT2D eigenvalue weighted by Crippen LogP contribution is -2.00. The molecule has 0 spiro atoms. The predicted octanol–water partition coefficient (Wildman–Crippen LogP) is 5.03. The van der Waals surface area contributed by atoms with Crippen LogP contribution in [0, 0.1) is 12.7 Å². The highest BCUT2D eigenvalue weighted by molar-refractivity contribution is 5.93. The fraction of sp³-hybridized carbons (Fsp3) is 0.160. The average molecular weight is 458 g/mol. The Kier molecular flexibility index (Phi) is 5.37. The molecule has 0 saturated carbocycles. The van der Waals surface area contributed by atoms with Crippen molar-refractivity contribution in [2.75, 3.05) is 19.5 Å². The molecule has 1 N–H and O–H groups in total. The van der Waals surface area contributed by atoms with Gasteiger partial charge in [-0.1, -0.05) is 12.1 Å². The van der Waals surface area contributed by atoms with Crippen LogP contribution in [0.25, 0.3) is 28.1 Å². The average Bonchev–Trinajstić information content (AvgIpc) is 3.42. The zero-order valence-corrected chi connectivity index (χ0v) is 19.2. The van der Waals surface area contributed by atoms with Crippen LogP contribution >= 0.6 is 0 Å². The van der Waals surface area contributed by atoms with Gasteiger partial charge in [0.15, 0.2) is 0 Å². The van der Waals surface area contributed by atoms with E-state index < -0.39 is 0 Å². The molecule has 0 atom stereocenters. The molecule has 0 aliphatic carbocycles. The summed E-state index contributed by atoms with van der Waals surface area (Å²) in [5, 5.41) is 7.64. The summed E-state index contributed by atoms with van der Waals surface area (Å²) in [6.45, 7) is 1.82. The topological polar surface area (TPSA) is 79.0 Å². The molecule has 0 amide bonds. The van der Waals surface area contributed by atoms with Crippen LogP contribution in [0.4, 0.5) is 15.8 Å². The summed E-state index contributed by atoms with van der Waals surface area (Å²) in [6.07, 6.45) is 1.63. The van der Waals surface area contributed by atoms with Crippen LogP contribution < -0.4 is 14.8 Å². The van der Waals surface area contributed by atoms with E-state index in [0.717, 1.165) is 22.7 Å². The van der Waals surface area contributed by atoms with Gasteiger partial charge in [0, 0.05) is 24.4 Å². The zero-order valence-electron chi connectivity index (χ0n) is 19.2. The van der Waals surface area contributed by atoms with Crippen LogP contribution in [0.15, 0.2) is 60.9 Å². The van der Waals surface area contributed by atoms with E-state index in [1.165, 1.54) is 12.1 Å². The summed E-state index contributed by atoms with van der Waals surface area (Å²) in [7, 11) is 5.08. The van der Waals surface area contributed by atoms with Gasteiger partial charge in [0.05, 0.1) is 25.4 Å². The Balaban J connectivity index is 1.56. The molecule has 0 aliphatic rings. The molecule has 2 aromatic heterocycles. The lowest BCUT2D eigenvalue weighted by atomic mass is 10.2. The molecule has 0 bridgehead atoms. The predicted molar refractivity (Wildman–Crippen MR) is 129 cm³/mol. The molecule has 0 fully saturated rings. The summed E-state index contributed by atoms with van der Waals surface area (Å²) >= 11 is 0. The lowest BCUT2D eigenvalue weighted by molar-refractivity contribution is 0.412. The minimum atomic E-state index is -0.364. The Labute approximate surface area is 195 Å². The quantitative estimate of drug-likeness (QED) is 0.385. The number of halogens is 1. The number of anilines is 2. The molecule has 0 aliphatic heterocycles. The number of imidazole rings is 1. The summed E-state index contributed by atoms with van der Waals surface area (Å²) in [4.78, 5) is 9.00. The van der Waals surface area contributed by atoms with Gasteiger partial charge in [-0.05, 0) is 43.3 Å². The van der Waals surface area contributed by atoms with E-state index in [4.69, 9.17) is 14.5 Å². The Hall–Kier alpha value is -4.40. The molecular formula is C25H23FN6O2. The number of ether oxygens (including phenoxy) is 2. The standard InChI is InChI=1S/C25H23FN6O2/c1-15-27-14-32(30-15)21-9-8-18(13-23(21)34-4)28-20-11-17(26)12-22-24(20)29-25(31(22)2)16-6-5-7-19(10-16)33-3/h5-14,28H,1-4H3. The van der Waals surface area contributed by atoms with Gasteiger partial charge in [-0.15, -0.1) is 0 Å². The molecular weight excluding hydrogens is 435 g/mol. The third kappa shape index (κ3) is 3.81. The summed E-state index contributed by atoms with van der Waals surface area (Å²) in [5.74, 6) is 2.33. The summed E-state index contributed by atoms with van der Waals surface area (Å²) in [6, 6.07) is 16.1. The fourth-order valence-electron chi connectivity index (χ4n) is 3.93. The van der Waals surface area contributed by atoms with Gasteiger partial charge in [0.1, 0.15) is 46.5 Å². The molecule has 172 valence electrons. The monoisotopic (exact) mass is 458 g/mol. The molecule has 8 nitrogen and oxygen atoms in total. The third-order valence-electron chi connectivity index (χ3n) is 5.59. The Morgan fingerprint density at radius 2 is 1.85 bits per heavy atom. The molecule has 5 aromatic rings. The highest BCUT2D eigenvalue weighted by Crippen LogP contribution is 2.34. The number of hydrogen-bond acceptors (Lipinski definition) is 6. The van der Waals surface area contributed by atoms with Crippen molar-refractivity contribution in [2.24, 2.45) is 7.05 Å². The Morgan fingerprint density at radius 1 is 1.00 bits per heavy atom. The van der Waals surface area contributed by atoms with Gasteiger partial charge in [-0.25, -0.2) is 19.0 Å². The number of nitrogens with one attached hydrogen (secondary N) is 1. The van der Waals surface area contributed by atoms with Gasteiger partial charge in [0.25, 0.3) is 0 Å². The van der Waals surface area contributed by atoms with Gasteiger partial charge in [-0.3, -0.25) is 0 Å². The molecule has 34 heavy (non-hydrogen) atoms. The number of benzene rings is 3. The zero-order chi connectivity index (χ0) is 23.8. The minimum Gasteiger partial charge on any atom is -0.497 e. The second-order valence-electron chi connectivity index (χ2n) is 7.80. The van der Waals surface area contributed by atoms with Crippen LogP contribution in [-0.4, -0.2) is 38.5 Å². The SMILES string of the molecule is COc1cccc(-c2nc3c(Nc4ccc(-n5cnc(C)n5)c(OC)c4)cc(F)cc3n2C)c1. The van der Waals surface area contributed by atoms with Crippen LogP contribution in [-0.2, 0) is 7.05 Å². The maximum Gasteiger partial charge on any atom is 0.147 e. The van der Waals surface area contributed by atoms with Crippen molar-refractivity contribution in [1.29, 1.82) is 0 Å². The maximum atomic E-state index is 14.6. The first-order valence-corrected chi connectivity index (χ1v) is 10.6. The van der Waals surface area contributed by atoms with E-state index in [9.17, 15) is 4.39 Å². The van der Waals surface area contributed by atoms with E-state index in [1.54, 1.807) is 25.2 Å². The highest BCUT2D eigenvalue weighted by atomic mass is 19.1. The van der Waals surface area contributed by atoms with Gasteiger partial charge in [0.2, 0.25) is 0 Å². The lowest BCUT2D eigenvalue weighted by Gasteiger charge is -2.12. The smallest absolute Gasteiger partial charge is 0.147 e. The number of methoxy groups -OCH3 is 2. The first-order chi connectivity index (χ1) is 16.5. The first-order valence-electron chi connectivity index (χ1n) is 10.6. The van der Waals surface area contributed by atoms with E-state index in [0.29, 0.717) is 34.1 Å². The van der Waals surface area contributed by atoms with E-state index in [-0.39, 0.29) is 5.82 Å². The number of aryl methyl sites for hydroxylation is 2. The largest absolute Gasteiger partial charge is 0.497 e. The van der Waals surface area contributed by atoms with Gasteiger partial charge in [-0.2, -0.15) is 5.10 Å². The molecule has 5 rings (SSSR count). The highest BCUT2D eigenvalue weighted by Gasteiger charge is 2.16. The van der Waals surface area contributed by atoms with Crippen molar-refractivity contribution in [3.63, 3.8) is 0 Å². The second kappa shape index (κ2) is 8.51. The first kappa shape index (κ1) is 21.4. The molecule has 2 heterocycles. The van der Waals surface area contributed by atoms with Gasteiger partial charge >= 0.3 is 0 Å². The molecule has 9 heteroatoms. The van der Waals surface area contributed by atoms with Crippen molar-refractivity contribution in [3.8, 4) is 28.6 Å². The van der Waals surface area contributed by atoms with E-state index >= 15 is 0 Å². The van der Waals surface area contributed by atoms with Crippen LogP contribution in [0.1, 0.15) is 5.82 Å². The van der Waals surface area contributed by atoms with Crippen molar-refractivity contribution in [3.05, 3.63) is 72.6 Å². The maximum absolute atomic E-state index is 14.6. The number of hydrogen-bond donors (Lipinski definition) is 1. The number of rotatable bonds is 6. The van der Waals surface area contributed by atoms with Gasteiger partial charge < -0.3 is 19.4 Å². The molecule has 3 aromatic carbocycles. The molecule has 0 saturated heterocycles. The molecule has 0 unspecified atom stereocenters. The number of nitrogens with zero attached hydrogens (tertiary/aromatic N) is 5. The Morgan fingerprint density at radius 3 is 2.59 bits per heavy atom. The fourth-order valence-corrected chi connectivity index (χ4v) is 3.93. The van der Waals surface area contributed by atoms with Crippen molar-refractivity contribution in [1.82, 2.24) is 24.3 Å². The Bertz CT molecular complexity index is 1510. The minimum absolute atomic E-state index is 0.364. The second-order valence-corrected chi connectivity index (χ2v) is 7.80. The summed E-state index contributed by atoms with van der Waals surface area (Å²) < 4.78 is 29.0. The molecule has 0 radical (unpaired) electrons. The normalized spacial score (nSPS) is 11.1. The van der Waals surface area contributed by atoms with E-state index in [2.05, 4.69) is 15.4 Å². The van der Waals surface area contributed by atoms with Crippen LogP contribution in [0.3, 0.4) is 0 Å².